The van der Waals surface area contributed by atoms with Gasteiger partial charge in [-0.2, -0.15) is 0 Å². The first kappa shape index (κ1) is 14.0. The highest BCUT2D eigenvalue weighted by molar-refractivity contribution is 9.10. The molecule has 1 heterocycles. The van der Waals surface area contributed by atoms with E-state index in [0.29, 0.717) is 0 Å². The summed E-state index contributed by atoms with van der Waals surface area (Å²) in [6, 6.07) is 8.01. The van der Waals surface area contributed by atoms with Crippen LogP contribution in [-0.4, -0.2) is 12.1 Å². The van der Waals surface area contributed by atoms with Crippen molar-refractivity contribution < 1.29 is 4.74 Å². The van der Waals surface area contributed by atoms with Crippen LogP contribution in [0, 0.1) is 6.92 Å². The third-order valence-electron chi connectivity index (χ3n) is 3.03. The molecule has 2 rings (SSSR count). The minimum atomic E-state index is 0.784. The Morgan fingerprint density at radius 1 is 1.21 bits per heavy atom. The maximum atomic E-state index is 5.23. The molecular weight excluding hydrogens is 304 g/mol. The second-order valence-electron chi connectivity index (χ2n) is 4.36. The highest BCUT2D eigenvalue weighted by Crippen LogP contribution is 2.22. The molecule has 19 heavy (non-hydrogen) atoms. The second kappa shape index (κ2) is 6.68. The van der Waals surface area contributed by atoms with Gasteiger partial charge >= 0.3 is 0 Å². The van der Waals surface area contributed by atoms with Gasteiger partial charge in [0.2, 0.25) is 0 Å². The molecule has 0 radical (unpaired) electrons. The number of methoxy groups -OCH3 is 1. The van der Waals surface area contributed by atoms with Crippen molar-refractivity contribution in [3.8, 4) is 5.75 Å². The second-order valence-corrected chi connectivity index (χ2v) is 5.22. The summed E-state index contributed by atoms with van der Waals surface area (Å²) in [5, 5.41) is 3.43. The Labute approximate surface area is 122 Å². The predicted molar refractivity (Wildman–Crippen MR) is 80.2 cm³/mol. The monoisotopic (exact) mass is 320 g/mol. The molecule has 4 heteroatoms. The Morgan fingerprint density at radius 3 is 2.74 bits per heavy atom. The van der Waals surface area contributed by atoms with Gasteiger partial charge in [-0.25, -0.2) is 0 Å². The molecule has 0 unspecified atom stereocenters. The molecule has 0 bridgehead atoms. The summed E-state index contributed by atoms with van der Waals surface area (Å²) in [5.74, 6) is 0.873. The number of nitrogens with one attached hydrogen (secondary N) is 1. The van der Waals surface area contributed by atoms with Crippen LogP contribution in [0.25, 0.3) is 0 Å². The topological polar surface area (TPSA) is 34.1 Å². The normalized spacial score (nSPS) is 10.5. The van der Waals surface area contributed by atoms with Crippen molar-refractivity contribution in [3.05, 3.63) is 57.8 Å². The number of aromatic nitrogens is 1. The summed E-state index contributed by atoms with van der Waals surface area (Å²) < 4.78 is 6.32. The van der Waals surface area contributed by atoms with Crippen molar-refractivity contribution in [3.63, 3.8) is 0 Å². The summed E-state index contributed by atoms with van der Waals surface area (Å²) in [7, 11) is 1.68. The number of halogens is 1. The zero-order valence-electron chi connectivity index (χ0n) is 11.1. The standard InChI is InChI=1S/C15H17BrN2O/c1-11-5-6-17-9-13(11)10-18-8-12-7-14(19-2)3-4-15(12)16/h3-7,9,18H,8,10H2,1-2H3. The minimum absolute atomic E-state index is 0.784. The molecule has 1 aromatic heterocycles. The molecule has 1 aromatic carbocycles. The van der Waals surface area contributed by atoms with Crippen LogP contribution in [-0.2, 0) is 13.1 Å². The van der Waals surface area contributed by atoms with Gasteiger partial charge in [-0.05, 0) is 47.9 Å². The molecule has 1 N–H and O–H groups in total. The highest BCUT2D eigenvalue weighted by atomic mass is 79.9. The molecule has 0 saturated carbocycles. The largest absolute Gasteiger partial charge is 0.497 e. The molecule has 3 nitrogen and oxygen atoms in total. The van der Waals surface area contributed by atoms with Crippen LogP contribution >= 0.6 is 15.9 Å². The van der Waals surface area contributed by atoms with E-state index in [1.165, 1.54) is 16.7 Å². The van der Waals surface area contributed by atoms with Gasteiger partial charge < -0.3 is 10.1 Å². The van der Waals surface area contributed by atoms with E-state index in [1.54, 1.807) is 7.11 Å². The molecule has 0 aliphatic heterocycles. The lowest BCUT2D eigenvalue weighted by molar-refractivity contribution is 0.414. The van der Waals surface area contributed by atoms with E-state index < -0.39 is 0 Å². The van der Waals surface area contributed by atoms with Gasteiger partial charge in [0.25, 0.3) is 0 Å². The van der Waals surface area contributed by atoms with Crippen molar-refractivity contribution in [2.45, 2.75) is 20.0 Å². The van der Waals surface area contributed by atoms with Gasteiger partial charge in [0.1, 0.15) is 5.75 Å². The number of benzene rings is 1. The summed E-state index contributed by atoms with van der Waals surface area (Å²) >= 11 is 3.55. The van der Waals surface area contributed by atoms with Gasteiger partial charge in [0.15, 0.2) is 0 Å². The van der Waals surface area contributed by atoms with Gasteiger partial charge in [0.05, 0.1) is 7.11 Å². The first-order valence-electron chi connectivity index (χ1n) is 6.13. The summed E-state index contributed by atoms with van der Waals surface area (Å²) in [4.78, 5) is 4.15. The van der Waals surface area contributed by atoms with Crippen molar-refractivity contribution in [1.82, 2.24) is 10.3 Å². The third-order valence-corrected chi connectivity index (χ3v) is 3.80. The maximum Gasteiger partial charge on any atom is 0.119 e. The van der Waals surface area contributed by atoms with E-state index in [2.05, 4.69) is 33.2 Å². The van der Waals surface area contributed by atoms with Crippen molar-refractivity contribution >= 4 is 15.9 Å². The maximum absolute atomic E-state index is 5.23. The zero-order chi connectivity index (χ0) is 13.7. The number of rotatable bonds is 5. The van der Waals surface area contributed by atoms with Gasteiger partial charge in [-0.1, -0.05) is 15.9 Å². The zero-order valence-corrected chi connectivity index (χ0v) is 12.7. The molecule has 0 aliphatic rings. The van der Waals surface area contributed by atoms with Crippen LogP contribution in [0.15, 0.2) is 41.1 Å². The lowest BCUT2D eigenvalue weighted by atomic mass is 10.1. The quantitative estimate of drug-likeness (QED) is 0.916. The number of aryl methyl sites for hydroxylation is 1. The van der Waals surface area contributed by atoms with Crippen LogP contribution in [0.4, 0.5) is 0 Å². The van der Waals surface area contributed by atoms with E-state index >= 15 is 0 Å². The SMILES string of the molecule is COc1ccc(Br)c(CNCc2cnccc2C)c1. The number of pyridine rings is 1. The number of nitrogens with zero attached hydrogens (tertiary/aromatic N) is 1. The van der Waals surface area contributed by atoms with Crippen LogP contribution in [0.3, 0.4) is 0 Å². The molecule has 0 atom stereocenters. The third kappa shape index (κ3) is 3.78. The summed E-state index contributed by atoms with van der Waals surface area (Å²) in [6.07, 6.45) is 3.72. The molecule has 0 amide bonds. The van der Waals surface area contributed by atoms with E-state index in [-0.39, 0.29) is 0 Å². The van der Waals surface area contributed by atoms with Crippen LogP contribution in [0.1, 0.15) is 16.7 Å². The van der Waals surface area contributed by atoms with E-state index in [9.17, 15) is 0 Å². The molecular formula is C15H17BrN2O. The Hall–Kier alpha value is -1.39. The molecule has 0 saturated heterocycles. The first-order valence-corrected chi connectivity index (χ1v) is 6.92. The first-order chi connectivity index (χ1) is 9.20. The number of hydrogen-bond donors (Lipinski definition) is 1. The average molecular weight is 321 g/mol. The fourth-order valence-electron chi connectivity index (χ4n) is 1.83. The highest BCUT2D eigenvalue weighted by Gasteiger charge is 2.03. The van der Waals surface area contributed by atoms with Gasteiger partial charge in [-0.15, -0.1) is 0 Å². The predicted octanol–water partition coefficient (Wildman–Crippen LogP) is 3.45. The molecule has 2 aromatic rings. The Bertz CT molecular complexity index is 558. The van der Waals surface area contributed by atoms with Gasteiger partial charge in [-0.3, -0.25) is 4.98 Å². The lowest BCUT2D eigenvalue weighted by Gasteiger charge is -2.10. The van der Waals surface area contributed by atoms with Crippen LogP contribution in [0.5, 0.6) is 5.75 Å². The Balaban J connectivity index is 1.98. The van der Waals surface area contributed by atoms with E-state index in [0.717, 1.165) is 23.3 Å². The smallest absolute Gasteiger partial charge is 0.119 e. The van der Waals surface area contributed by atoms with Crippen molar-refractivity contribution in [1.29, 1.82) is 0 Å². The lowest BCUT2D eigenvalue weighted by Crippen LogP contribution is -2.14. The van der Waals surface area contributed by atoms with Crippen molar-refractivity contribution in [2.75, 3.05) is 7.11 Å². The van der Waals surface area contributed by atoms with Crippen LogP contribution in [0.2, 0.25) is 0 Å². The summed E-state index contributed by atoms with van der Waals surface area (Å²) in [5.41, 5.74) is 3.66. The summed E-state index contributed by atoms with van der Waals surface area (Å²) in [6.45, 7) is 3.69. The molecule has 0 fully saturated rings. The Kier molecular flexibility index (Phi) is 4.93. The fourth-order valence-corrected chi connectivity index (χ4v) is 2.21. The van der Waals surface area contributed by atoms with E-state index in [1.807, 2.05) is 36.7 Å². The molecule has 100 valence electrons. The minimum Gasteiger partial charge on any atom is -0.497 e. The Morgan fingerprint density at radius 2 is 2.00 bits per heavy atom. The number of hydrogen-bond acceptors (Lipinski definition) is 3. The average Bonchev–Trinajstić information content (AvgIpc) is 2.43. The fraction of sp³-hybridized carbons (Fsp3) is 0.267. The van der Waals surface area contributed by atoms with Gasteiger partial charge in [0, 0.05) is 30.0 Å². The van der Waals surface area contributed by atoms with E-state index in [4.69, 9.17) is 4.74 Å². The molecule has 0 aliphatic carbocycles. The number of ether oxygens (including phenoxy) is 1. The van der Waals surface area contributed by atoms with Crippen LogP contribution < -0.4 is 10.1 Å². The van der Waals surface area contributed by atoms with Crippen molar-refractivity contribution in [2.24, 2.45) is 0 Å². The molecule has 0 spiro atoms.